The Morgan fingerprint density at radius 3 is 1.04 bits per heavy atom. The van der Waals surface area contributed by atoms with Gasteiger partial charge >= 0.3 is 11.9 Å². The molecular formula is C48H46O4. The van der Waals surface area contributed by atoms with Gasteiger partial charge in [-0.25, -0.2) is 0 Å². The van der Waals surface area contributed by atoms with Crippen molar-refractivity contribution < 1.29 is 19.1 Å². The van der Waals surface area contributed by atoms with E-state index in [0.29, 0.717) is 26.1 Å². The molecule has 262 valence electrons. The van der Waals surface area contributed by atoms with Gasteiger partial charge < -0.3 is 9.47 Å². The molecule has 0 atom stereocenters. The second-order valence-electron chi connectivity index (χ2n) is 14.5. The van der Waals surface area contributed by atoms with E-state index < -0.39 is 0 Å². The molecule has 0 fully saturated rings. The van der Waals surface area contributed by atoms with Gasteiger partial charge in [-0.05, 0) is 88.6 Å². The van der Waals surface area contributed by atoms with Gasteiger partial charge in [0.1, 0.15) is 13.2 Å². The van der Waals surface area contributed by atoms with Crippen molar-refractivity contribution >= 4 is 76.6 Å². The van der Waals surface area contributed by atoms with E-state index in [9.17, 15) is 9.59 Å². The van der Waals surface area contributed by atoms with E-state index in [0.717, 1.165) is 49.7 Å². The molecule has 0 N–H and O–H groups in total. The average Bonchev–Trinajstić information content (AvgIpc) is 3.18. The van der Waals surface area contributed by atoms with Crippen LogP contribution in [-0.2, 0) is 32.3 Å². The van der Waals surface area contributed by atoms with Gasteiger partial charge in [-0.1, -0.05) is 161 Å². The highest BCUT2D eigenvalue weighted by atomic mass is 16.5. The zero-order valence-electron chi connectivity index (χ0n) is 29.9. The van der Waals surface area contributed by atoms with E-state index in [1.165, 1.54) is 90.3 Å². The maximum atomic E-state index is 12.5. The van der Waals surface area contributed by atoms with Crippen molar-refractivity contribution in [2.75, 3.05) is 0 Å². The van der Waals surface area contributed by atoms with E-state index in [-0.39, 0.29) is 11.9 Å². The Kier molecular flexibility index (Phi) is 10.2. The molecule has 0 amide bonds. The number of carbonyl (C=O) groups is 2. The quantitative estimate of drug-likeness (QED) is 0.0543. The summed E-state index contributed by atoms with van der Waals surface area (Å²) in [6.45, 7) is 0.632. The van der Waals surface area contributed by atoms with Crippen LogP contribution in [0, 0.1) is 0 Å². The van der Waals surface area contributed by atoms with Crippen LogP contribution in [0.25, 0.3) is 64.6 Å². The Morgan fingerprint density at radius 1 is 0.346 bits per heavy atom. The number of carbonyl (C=O) groups excluding carboxylic acids is 2. The lowest BCUT2D eigenvalue weighted by Gasteiger charge is -2.14. The Balaban J connectivity index is 0.673. The lowest BCUT2D eigenvalue weighted by molar-refractivity contribution is -0.146. The maximum Gasteiger partial charge on any atom is 0.306 e. The number of ether oxygens (including phenoxy) is 2. The van der Waals surface area contributed by atoms with Crippen LogP contribution in [0.3, 0.4) is 0 Å². The summed E-state index contributed by atoms with van der Waals surface area (Å²) < 4.78 is 11.5. The highest BCUT2D eigenvalue weighted by molar-refractivity contribution is 6.24. The molecule has 0 saturated carbocycles. The highest BCUT2D eigenvalue weighted by Crippen LogP contribution is 2.37. The first-order valence-corrected chi connectivity index (χ1v) is 19.3. The number of benzene rings is 8. The molecule has 0 saturated heterocycles. The van der Waals surface area contributed by atoms with Gasteiger partial charge in [-0.15, -0.1) is 0 Å². The Labute approximate surface area is 305 Å². The van der Waals surface area contributed by atoms with Crippen LogP contribution in [-0.4, -0.2) is 11.9 Å². The zero-order chi connectivity index (χ0) is 35.3. The minimum absolute atomic E-state index is 0.109. The first-order valence-electron chi connectivity index (χ1n) is 19.3. The Bertz CT molecular complexity index is 2270. The first-order chi connectivity index (χ1) is 25.6. The summed E-state index contributed by atoms with van der Waals surface area (Å²) in [6, 6.07) is 38.7. The van der Waals surface area contributed by atoms with Crippen LogP contribution < -0.4 is 0 Å². The molecule has 0 unspecified atom stereocenters. The molecule has 8 aromatic carbocycles. The second-order valence-corrected chi connectivity index (χ2v) is 14.5. The molecule has 0 aliphatic rings. The summed E-state index contributed by atoms with van der Waals surface area (Å²) in [6.07, 6.45) is 12.0. The summed E-state index contributed by atoms with van der Waals surface area (Å²) in [7, 11) is 0. The molecule has 8 rings (SSSR count). The van der Waals surface area contributed by atoms with Crippen LogP contribution in [0.15, 0.2) is 109 Å². The number of rotatable bonds is 17. The van der Waals surface area contributed by atoms with Crippen molar-refractivity contribution in [2.24, 2.45) is 0 Å². The summed E-state index contributed by atoms with van der Waals surface area (Å²) in [5, 5.41) is 14.9. The van der Waals surface area contributed by atoms with E-state index in [1.807, 2.05) is 0 Å². The molecule has 0 radical (unpaired) electrons. The molecule has 0 heterocycles. The Morgan fingerprint density at radius 2 is 0.654 bits per heavy atom. The van der Waals surface area contributed by atoms with E-state index in [2.05, 4.69) is 109 Å². The maximum absolute atomic E-state index is 12.5. The van der Waals surface area contributed by atoms with Crippen molar-refractivity contribution in [3.63, 3.8) is 0 Å². The fourth-order valence-corrected chi connectivity index (χ4v) is 8.26. The smallest absolute Gasteiger partial charge is 0.306 e. The molecule has 0 aliphatic carbocycles. The normalized spacial score (nSPS) is 11.9. The topological polar surface area (TPSA) is 52.6 Å². The van der Waals surface area contributed by atoms with E-state index in [1.54, 1.807) is 0 Å². The molecular weight excluding hydrogens is 641 g/mol. The lowest BCUT2D eigenvalue weighted by Crippen LogP contribution is -2.05. The van der Waals surface area contributed by atoms with Crippen molar-refractivity contribution in [3.05, 3.63) is 120 Å². The molecule has 4 nitrogen and oxygen atoms in total. The molecule has 0 bridgehead atoms. The van der Waals surface area contributed by atoms with Crippen molar-refractivity contribution in [3.8, 4) is 0 Å². The third-order valence-corrected chi connectivity index (χ3v) is 11.0. The van der Waals surface area contributed by atoms with Crippen molar-refractivity contribution in [1.29, 1.82) is 0 Å². The fraction of sp³-hybridized carbons (Fsp3) is 0.292. The molecule has 0 aromatic heterocycles. The van der Waals surface area contributed by atoms with Crippen LogP contribution in [0.1, 0.15) is 88.2 Å². The van der Waals surface area contributed by atoms with Crippen molar-refractivity contribution in [1.82, 2.24) is 0 Å². The summed E-state index contributed by atoms with van der Waals surface area (Å²) in [5.41, 5.74) is 2.13. The van der Waals surface area contributed by atoms with E-state index >= 15 is 0 Å². The Hall–Kier alpha value is -5.22. The molecule has 4 heteroatoms. The van der Waals surface area contributed by atoms with Gasteiger partial charge in [0.15, 0.2) is 0 Å². The fourth-order valence-electron chi connectivity index (χ4n) is 8.26. The van der Waals surface area contributed by atoms with Gasteiger partial charge in [0.05, 0.1) is 0 Å². The third-order valence-electron chi connectivity index (χ3n) is 11.0. The standard InChI is InChI=1S/C48H46O4/c49-43(51-31-39-25-23-37-21-19-33-13-11-15-35-27-29-41(39)47(37)45(33)35)17-9-7-5-3-1-2-4-6-8-10-18-44(50)52-32-40-26-24-38-22-20-34-14-12-16-36-28-30-42(40)48(38)46(34)36/h11-16,19-30H,1-10,17-18,31-32H2. The second kappa shape index (κ2) is 15.6. The lowest BCUT2D eigenvalue weighted by atomic mass is 9.92. The van der Waals surface area contributed by atoms with Crippen LogP contribution in [0.2, 0.25) is 0 Å². The number of unbranched alkanes of at least 4 members (excludes halogenated alkanes) is 9. The third kappa shape index (κ3) is 7.12. The van der Waals surface area contributed by atoms with E-state index in [4.69, 9.17) is 9.47 Å². The average molecular weight is 687 g/mol. The largest absolute Gasteiger partial charge is 0.461 e. The predicted molar refractivity (Wildman–Crippen MR) is 215 cm³/mol. The van der Waals surface area contributed by atoms with Gasteiger partial charge in [0, 0.05) is 12.8 Å². The van der Waals surface area contributed by atoms with Gasteiger partial charge in [0.2, 0.25) is 0 Å². The summed E-state index contributed by atoms with van der Waals surface area (Å²) in [5.74, 6) is -0.218. The molecule has 0 aliphatic heterocycles. The SMILES string of the molecule is O=C(CCCCCCCCCCCCC(=O)OCc1ccc2ccc3cccc4ccc1c2c34)OCc1ccc2ccc3cccc4ccc1c2c34. The van der Waals surface area contributed by atoms with Crippen LogP contribution in [0.5, 0.6) is 0 Å². The molecule has 0 spiro atoms. The van der Waals surface area contributed by atoms with Gasteiger partial charge in [-0.3, -0.25) is 9.59 Å². The van der Waals surface area contributed by atoms with Gasteiger partial charge in [0.25, 0.3) is 0 Å². The van der Waals surface area contributed by atoms with Crippen LogP contribution >= 0.6 is 0 Å². The minimum atomic E-state index is -0.109. The molecule has 8 aromatic rings. The number of hydrogen-bond donors (Lipinski definition) is 0. The minimum Gasteiger partial charge on any atom is -0.461 e. The summed E-state index contributed by atoms with van der Waals surface area (Å²) in [4.78, 5) is 25.1. The number of esters is 2. The highest BCUT2D eigenvalue weighted by Gasteiger charge is 2.14. The predicted octanol–water partition coefficient (Wildman–Crippen LogP) is 12.9. The number of hydrogen-bond acceptors (Lipinski definition) is 4. The first kappa shape index (κ1) is 33.9. The van der Waals surface area contributed by atoms with Gasteiger partial charge in [-0.2, -0.15) is 0 Å². The molecule has 52 heavy (non-hydrogen) atoms. The monoisotopic (exact) mass is 686 g/mol. The van der Waals surface area contributed by atoms with Crippen LogP contribution in [0.4, 0.5) is 0 Å². The summed E-state index contributed by atoms with van der Waals surface area (Å²) >= 11 is 0. The van der Waals surface area contributed by atoms with Crippen molar-refractivity contribution in [2.45, 2.75) is 90.3 Å². The zero-order valence-corrected chi connectivity index (χ0v) is 29.9.